The minimum atomic E-state index is -0.812. The summed E-state index contributed by atoms with van der Waals surface area (Å²) in [4.78, 5) is 14.4. The fourth-order valence-electron chi connectivity index (χ4n) is 3.03. The van der Waals surface area contributed by atoms with Gasteiger partial charge in [0.1, 0.15) is 11.6 Å². The molecule has 0 aromatic heterocycles. The van der Waals surface area contributed by atoms with E-state index in [9.17, 15) is 9.18 Å². The van der Waals surface area contributed by atoms with Crippen molar-refractivity contribution in [2.24, 2.45) is 0 Å². The molecule has 0 bridgehead atoms. The maximum Gasteiger partial charge on any atom is 0.265 e. The fraction of sp³-hybridized carbons (Fsp3) is 0.350. The van der Waals surface area contributed by atoms with E-state index in [1.54, 1.807) is 31.2 Å². The van der Waals surface area contributed by atoms with E-state index < -0.39 is 12.0 Å². The van der Waals surface area contributed by atoms with Crippen LogP contribution >= 0.6 is 23.2 Å². The summed E-state index contributed by atoms with van der Waals surface area (Å²) in [5, 5.41) is 3.47. The lowest BCUT2D eigenvalue weighted by Gasteiger charge is -2.29. The van der Waals surface area contributed by atoms with Crippen molar-refractivity contribution in [3.05, 3.63) is 52.3 Å². The van der Waals surface area contributed by atoms with Gasteiger partial charge < -0.3 is 15.0 Å². The summed E-state index contributed by atoms with van der Waals surface area (Å²) >= 11 is 11.9. The molecule has 1 saturated heterocycles. The number of rotatable bonds is 5. The second-order valence-electron chi connectivity index (χ2n) is 6.54. The molecule has 0 radical (unpaired) electrons. The molecule has 2 aromatic rings. The first-order valence-corrected chi connectivity index (χ1v) is 9.66. The van der Waals surface area contributed by atoms with E-state index in [4.69, 9.17) is 27.9 Å². The second kappa shape index (κ2) is 8.81. The summed E-state index contributed by atoms with van der Waals surface area (Å²) in [6, 6.07) is 9.51. The number of carbonyl (C=O) groups excluding carboxylic acids is 1. The van der Waals surface area contributed by atoms with Crippen molar-refractivity contribution in [1.82, 2.24) is 0 Å². The van der Waals surface area contributed by atoms with Gasteiger partial charge in [0.2, 0.25) is 0 Å². The zero-order chi connectivity index (χ0) is 19.4. The smallest absolute Gasteiger partial charge is 0.265 e. The minimum Gasteiger partial charge on any atom is -0.479 e. The Hall–Kier alpha value is -1.98. The lowest BCUT2D eigenvalue weighted by molar-refractivity contribution is -0.122. The Morgan fingerprint density at radius 1 is 1.15 bits per heavy atom. The van der Waals surface area contributed by atoms with Crippen LogP contribution in [-0.2, 0) is 4.79 Å². The average Bonchev–Trinajstić information content (AvgIpc) is 2.64. The van der Waals surface area contributed by atoms with Crippen LogP contribution in [0.5, 0.6) is 5.75 Å². The molecule has 1 aliphatic rings. The summed E-state index contributed by atoms with van der Waals surface area (Å²) in [5.74, 6) is -0.384. The van der Waals surface area contributed by atoms with Crippen LogP contribution in [0.15, 0.2) is 36.4 Å². The minimum absolute atomic E-state index is 0.319. The summed E-state index contributed by atoms with van der Waals surface area (Å²) < 4.78 is 20.0. The number of hydrogen-bond acceptors (Lipinski definition) is 3. The number of nitrogens with one attached hydrogen (secondary N) is 1. The fourth-order valence-corrected chi connectivity index (χ4v) is 3.49. The summed E-state index contributed by atoms with van der Waals surface area (Å²) in [6.07, 6.45) is 2.51. The average molecular weight is 411 g/mol. The van der Waals surface area contributed by atoms with E-state index in [1.165, 1.54) is 18.6 Å². The van der Waals surface area contributed by atoms with Crippen molar-refractivity contribution < 1.29 is 13.9 Å². The zero-order valence-electron chi connectivity index (χ0n) is 15.0. The van der Waals surface area contributed by atoms with Gasteiger partial charge in [-0.15, -0.1) is 0 Å². The molecule has 0 saturated carbocycles. The van der Waals surface area contributed by atoms with Crippen LogP contribution in [-0.4, -0.2) is 25.1 Å². The van der Waals surface area contributed by atoms with Crippen molar-refractivity contribution in [1.29, 1.82) is 0 Å². The van der Waals surface area contributed by atoms with Gasteiger partial charge in [-0.25, -0.2) is 4.39 Å². The normalized spacial score (nSPS) is 15.3. The van der Waals surface area contributed by atoms with Crippen LogP contribution in [0, 0.1) is 5.82 Å². The molecule has 4 nitrogen and oxygen atoms in total. The maximum absolute atomic E-state index is 14.5. The number of nitrogens with zero attached hydrogens (tertiary/aromatic N) is 1. The quantitative estimate of drug-likeness (QED) is 0.704. The second-order valence-corrected chi connectivity index (χ2v) is 7.38. The van der Waals surface area contributed by atoms with Crippen molar-refractivity contribution >= 4 is 40.5 Å². The first-order valence-electron chi connectivity index (χ1n) is 8.91. The van der Waals surface area contributed by atoms with Crippen LogP contribution < -0.4 is 15.0 Å². The lowest BCUT2D eigenvalue weighted by atomic mass is 10.1. The number of piperidine rings is 1. The molecule has 0 spiro atoms. The highest BCUT2D eigenvalue weighted by Crippen LogP contribution is 2.29. The SMILES string of the molecule is C[C@@H](Oc1ccc(Cl)cc1Cl)C(=O)Nc1ccc(N2CCCCC2)c(F)c1. The molecule has 1 aliphatic heterocycles. The molecule has 3 rings (SSSR count). The molecule has 1 heterocycles. The van der Waals surface area contributed by atoms with E-state index in [-0.39, 0.29) is 5.82 Å². The highest BCUT2D eigenvalue weighted by Gasteiger charge is 2.19. The molecule has 0 unspecified atom stereocenters. The van der Waals surface area contributed by atoms with Crippen molar-refractivity contribution in [2.75, 3.05) is 23.3 Å². The van der Waals surface area contributed by atoms with Gasteiger partial charge in [0.15, 0.2) is 6.10 Å². The number of benzene rings is 2. The molecule has 144 valence electrons. The zero-order valence-corrected chi connectivity index (χ0v) is 16.5. The maximum atomic E-state index is 14.5. The van der Waals surface area contributed by atoms with Crippen LogP contribution in [0.2, 0.25) is 10.0 Å². The number of amides is 1. The van der Waals surface area contributed by atoms with E-state index in [1.807, 2.05) is 4.90 Å². The monoisotopic (exact) mass is 410 g/mol. The van der Waals surface area contributed by atoms with Crippen LogP contribution in [0.4, 0.5) is 15.8 Å². The molecule has 0 aliphatic carbocycles. The number of carbonyl (C=O) groups is 1. The molecule has 7 heteroatoms. The van der Waals surface area contributed by atoms with Crippen LogP contribution in [0.25, 0.3) is 0 Å². The Labute approximate surface area is 168 Å². The first kappa shape index (κ1) is 19.8. The van der Waals surface area contributed by atoms with Gasteiger partial charge in [-0.3, -0.25) is 4.79 Å². The lowest BCUT2D eigenvalue weighted by Crippen LogP contribution is -2.31. The molecule has 2 aromatic carbocycles. The summed E-state index contributed by atoms with van der Waals surface area (Å²) in [5.41, 5.74) is 0.959. The van der Waals surface area contributed by atoms with E-state index in [0.29, 0.717) is 27.2 Å². The Morgan fingerprint density at radius 2 is 1.89 bits per heavy atom. The van der Waals surface area contributed by atoms with Crippen molar-refractivity contribution in [3.63, 3.8) is 0 Å². The van der Waals surface area contributed by atoms with Crippen molar-refractivity contribution in [2.45, 2.75) is 32.3 Å². The highest BCUT2D eigenvalue weighted by molar-refractivity contribution is 6.35. The molecule has 27 heavy (non-hydrogen) atoms. The molecule has 1 atom stereocenters. The number of hydrogen-bond donors (Lipinski definition) is 1. The van der Waals surface area contributed by atoms with Crippen LogP contribution in [0.1, 0.15) is 26.2 Å². The van der Waals surface area contributed by atoms with Gasteiger partial charge in [-0.1, -0.05) is 23.2 Å². The van der Waals surface area contributed by atoms with Crippen LogP contribution in [0.3, 0.4) is 0 Å². The Morgan fingerprint density at radius 3 is 2.56 bits per heavy atom. The predicted octanol–water partition coefficient (Wildman–Crippen LogP) is 5.53. The predicted molar refractivity (Wildman–Crippen MR) is 108 cm³/mol. The molecule has 1 fully saturated rings. The molecule has 1 N–H and O–H groups in total. The third-order valence-corrected chi connectivity index (χ3v) is 5.01. The van der Waals surface area contributed by atoms with Gasteiger partial charge in [0.05, 0.1) is 10.7 Å². The number of ether oxygens (including phenoxy) is 1. The Bertz CT molecular complexity index is 826. The first-order chi connectivity index (χ1) is 12.9. The standard InChI is InChI=1S/C20H21Cl2FN2O2/c1-13(27-19-8-5-14(21)11-16(19)22)20(26)24-15-6-7-18(17(23)12-15)25-9-3-2-4-10-25/h5-8,11-13H,2-4,9-10H2,1H3,(H,24,26)/t13-/m1/s1. The van der Waals surface area contributed by atoms with Crippen molar-refractivity contribution in [3.8, 4) is 5.75 Å². The highest BCUT2D eigenvalue weighted by atomic mass is 35.5. The topological polar surface area (TPSA) is 41.6 Å². The van der Waals surface area contributed by atoms with Gasteiger partial charge in [-0.05, 0) is 62.6 Å². The van der Waals surface area contributed by atoms with E-state index in [0.717, 1.165) is 25.9 Å². The van der Waals surface area contributed by atoms with Gasteiger partial charge >= 0.3 is 0 Å². The largest absolute Gasteiger partial charge is 0.479 e. The Balaban J connectivity index is 1.63. The third kappa shape index (κ3) is 5.05. The molecular weight excluding hydrogens is 390 g/mol. The molecular formula is C20H21Cl2FN2O2. The van der Waals surface area contributed by atoms with E-state index >= 15 is 0 Å². The number of halogens is 3. The molecule has 1 amide bonds. The number of anilines is 2. The Kier molecular flexibility index (Phi) is 6.45. The van der Waals surface area contributed by atoms with E-state index in [2.05, 4.69) is 5.32 Å². The van der Waals surface area contributed by atoms with Gasteiger partial charge in [-0.2, -0.15) is 0 Å². The van der Waals surface area contributed by atoms with Gasteiger partial charge in [0.25, 0.3) is 5.91 Å². The summed E-state index contributed by atoms with van der Waals surface area (Å²) in [6.45, 7) is 3.31. The summed E-state index contributed by atoms with van der Waals surface area (Å²) in [7, 11) is 0. The third-order valence-electron chi connectivity index (χ3n) is 4.48. The van der Waals surface area contributed by atoms with Gasteiger partial charge in [0, 0.05) is 23.8 Å².